The van der Waals surface area contributed by atoms with Crippen LogP contribution in [0.25, 0.3) is 11.1 Å². The lowest BCUT2D eigenvalue weighted by Gasteiger charge is -2.39. The van der Waals surface area contributed by atoms with E-state index in [1.54, 1.807) is 23.1 Å². The van der Waals surface area contributed by atoms with Crippen molar-refractivity contribution in [2.45, 2.75) is 33.0 Å². The summed E-state index contributed by atoms with van der Waals surface area (Å²) in [4.78, 5) is 31.0. The fraction of sp³-hybridized carbons (Fsp3) is 0.290. The molecule has 1 fully saturated rings. The van der Waals surface area contributed by atoms with Crippen molar-refractivity contribution in [1.29, 1.82) is 0 Å². The van der Waals surface area contributed by atoms with Crippen LogP contribution < -0.4 is 10.2 Å². The summed E-state index contributed by atoms with van der Waals surface area (Å²) in [6, 6.07) is 16.6. The van der Waals surface area contributed by atoms with Crippen molar-refractivity contribution in [2.75, 3.05) is 31.1 Å². The Morgan fingerprint density at radius 2 is 1.85 bits per heavy atom. The normalized spacial score (nSPS) is 17.9. The van der Waals surface area contributed by atoms with E-state index in [1.165, 1.54) is 0 Å². The third kappa shape index (κ3) is 5.13. The molecule has 8 heteroatoms. The molecule has 8 nitrogen and oxygen atoms in total. The number of carboxylic acids is 1. The number of urea groups is 1. The third-order valence-electron chi connectivity index (χ3n) is 7.65. The summed E-state index contributed by atoms with van der Waals surface area (Å²) in [5.41, 5.74) is 7.09. The summed E-state index contributed by atoms with van der Waals surface area (Å²) in [6.45, 7) is 10.9. The summed E-state index contributed by atoms with van der Waals surface area (Å²) in [7, 11) is 0. The predicted molar refractivity (Wildman–Crippen MR) is 152 cm³/mol. The first-order valence-corrected chi connectivity index (χ1v) is 13.2. The molecule has 3 aromatic carbocycles. The summed E-state index contributed by atoms with van der Waals surface area (Å²) in [5, 5.41) is 23.7. The van der Waals surface area contributed by atoms with E-state index in [9.17, 15) is 19.8 Å². The maximum absolute atomic E-state index is 13.3. The molecule has 1 atom stereocenters. The zero-order valence-corrected chi connectivity index (χ0v) is 22.4. The topological polar surface area (TPSA) is 96.4 Å². The van der Waals surface area contributed by atoms with Crippen molar-refractivity contribution in [3.8, 4) is 16.9 Å². The number of phenols is 1. The SMILES string of the molecule is C=CCN1CCN(Cc2cc(-c3ccccc3C)c3c(c2)N(c2c(C)cccc2O)C(=O)NC3)CC1C(=O)O. The van der Waals surface area contributed by atoms with Gasteiger partial charge in [0.2, 0.25) is 0 Å². The van der Waals surface area contributed by atoms with Crippen LogP contribution in [0.3, 0.4) is 0 Å². The predicted octanol–water partition coefficient (Wildman–Crippen LogP) is 4.79. The molecule has 0 saturated carbocycles. The lowest BCUT2D eigenvalue weighted by molar-refractivity contribution is -0.145. The smallest absolute Gasteiger partial charge is 0.326 e. The number of para-hydroxylation sites is 1. The molecule has 5 rings (SSSR count). The molecule has 2 aliphatic heterocycles. The molecule has 3 N–H and O–H groups in total. The summed E-state index contributed by atoms with van der Waals surface area (Å²) < 4.78 is 0. The van der Waals surface area contributed by atoms with Gasteiger partial charge < -0.3 is 15.5 Å². The third-order valence-corrected chi connectivity index (χ3v) is 7.65. The molecule has 202 valence electrons. The first-order valence-electron chi connectivity index (χ1n) is 13.2. The lowest BCUT2D eigenvalue weighted by atomic mass is 9.91. The van der Waals surface area contributed by atoms with Crippen LogP contribution in [-0.4, -0.2) is 64.2 Å². The minimum absolute atomic E-state index is 0.0310. The van der Waals surface area contributed by atoms with E-state index in [2.05, 4.69) is 41.9 Å². The number of piperazine rings is 1. The molecule has 2 aliphatic rings. The zero-order valence-electron chi connectivity index (χ0n) is 22.4. The second-order valence-electron chi connectivity index (χ2n) is 10.3. The van der Waals surface area contributed by atoms with Crippen molar-refractivity contribution in [3.63, 3.8) is 0 Å². The highest BCUT2D eigenvalue weighted by Crippen LogP contribution is 2.43. The average Bonchev–Trinajstić information content (AvgIpc) is 2.90. The Kier molecular flexibility index (Phi) is 7.41. The second-order valence-corrected chi connectivity index (χ2v) is 10.3. The minimum Gasteiger partial charge on any atom is -0.506 e. The van der Waals surface area contributed by atoms with Gasteiger partial charge in [-0.2, -0.15) is 0 Å². The number of benzene rings is 3. The highest BCUT2D eigenvalue weighted by Gasteiger charge is 2.33. The molecule has 0 aromatic heterocycles. The molecular formula is C31H34N4O4. The maximum atomic E-state index is 13.3. The van der Waals surface area contributed by atoms with E-state index in [4.69, 9.17) is 0 Å². The number of anilines is 2. The monoisotopic (exact) mass is 526 g/mol. The standard InChI is InChI=1S/C31H34N4O4/c1-4-12-34-14-13-33(19-27(34)30(37)38)18-22-15-24(23-10-6-5-8-20(23)2)25-17-32-31(39)35(26(25)16-22)29-21(3)9-7-11-28(29)36/h4-11,15-16,27,36H,1,12-14,17-19H2,2-3H3,(H,32,39)(H,37,38). The maximum Gasteiger partial charge on any atom is 0.326 e. The summed E-state index contributed by atoms with van der Waals surface area (Å²) in [5.74, 6) is -0.811. The summed E-state index contributed by atoms with van der Waals surface area (Å²) in [6.07, 6.45) is 1.74. The number of hydrogen-bond donors (Lipinski definition) is 3. The molecule has 2 heterocycles. The number of aromatic hydroxyl groups is 1. The molecule has 0 aliphatic carbocycles. The van der Waals surface area contributed by atoms with Gasteiger partial charge in [0.25, 0.3) is 0 Å². The Balaban J connectivity index is 1.61. The minimum atomic E-state index is -0.842. The Morgan fingerprint density at radius 3 is 2.56 bits per heavy atom. The molecular weight excluding hydrogens is 492 g/mol. The van der Waals surface area contributed by atoms with Crippen LogP contribution >= 0.6 is 0 Å². The Bertz CT molecular complexity index is 1420. The molecule has 1 unspecified atom stereocenters. The Hall–Kier alpha value is -4.14. The molecule has 1 saturated heterocycles. The first-order chi connectivity index (χ1) is 18.8. The lowest BCUT2D eigenvalue weighted by Crippen LogP contribution is -2.56. The second kappa shape index (κ2) is 10.9. The van der Waals surface area contributed by atoms with E-state index in [0.717, 1.165) is 45.6 Å². The number of hydrogen-bond acceptors (Lipinski definition) is 5. The number of phenolic OH excluding ortho intramolecular Hbond substituents is 1. The Labute approximate surface area is 228 Å². The highest BCUT2D eigenvalue weighted by atomic mass is 16.4. The number of nitrogens with one attached hydrogen (secondary N) is 1. The fourth-order valence-corrected chi connectivity index (χ4v) is 5.71. The number of aryl methyl sites for hydroxylation is 2. The van der Waals surface area contributed by atoms with Gasteiger partial charge in [0.1, 0.15) is 11.8 Å². The Morgan fingerprint density at radius 1 is 1.08 bits per heavy atom. The van der Waals surface area contributed by atoms with Crippen molar-refractivity contribution in [2.24, 2.45) is 0 Å². The van der Waals surface area contributed by atoms with Crippen LogP contribution in [-0.2, 0) is 17.9 Å². The zero-order chi connectivity index (χ0) is 27.7. The van der Waals surface area contributed by atoms with Crippen molar-refractivity contribution in [1.82, 2.24) is 15.1 Å². The molecule has 0 spiro atoms. The van der Waals surface area contributed by atoms with Crippen LogP contribution in [0.2, 0.25) is 0 Å². The quantitative estimate of drug-likeness (QED) is 0.383. The van der Waals surface area contributed by atoms with Gasteiger partial charge in [-0.25, -0.2) is 4.79 Å². The van der Waals surface area contributed by atoms with E-state index >= 15 is 0 Å². The molecule has 2 amide bonds. The number of nitrogens with zero attached hydrogens (tertiary/aromatic N) is 3. The van der Waals surface area contributed by atoms with Gasteiger partial charge in [0.15, 0.2) is 0 Å². The number of fused-ring (bicyclic) bond motifs is 1. The van der Waals surface area contributed by atoms with Crippen LogP contribution in [0.4, 0.5) is 16.2 Å². The van der Waals surface area contributed by atoms with Crippen molar-refractivity contribution < 1.29 is 19.8 Å². The van der Waals surface area contributed by atoms with Crippen LogP contribution in [0.1, 0.15) is 22.3 Å². The first kappa shape index (κ1) is 26.5. The van der Waals surface area contributed by atoms with Gasteiger partial charge in [0, 0.05) is 44.8 Å². The van der Waals surface area contributed by atoms with E-state index < -0.39 is 12.0 Å². The fourth-order valence-electron chi connectivity index (χ4n) is 5.71. The van der Waals surface area contributed by atoms with E-state index in [1.807, 2.05) is 36.1 Å². The molecule has 39 heavy (non-hydrogen) atoms. The number of aliphatic carboxylic acids is 1. The van der Waals surface area contributed by atoms with Gasteiger partial charge in [-0.15, -0.1) is 6.58 Å². The van der Waals surface area contributed by atoms with Crippen LogP contribution in [0.15, 0.2) is 67.3 Å². The van der Waals surface area contributed by atoms with Crippen LogP contribution in [0, 0.1) is 13.8 Å². The average molecular weight is 527 g/mol. The van der Waals surface area contributed by atoms with Gasteiger partial charge in [0.05, 0.1) is 11.4 Å². The number of carbonyl (C=O) groups is 2. The number of rotatable bonds is 7. The van der Waals surface area contributed by atoms with Gasteiger partial charge >= 0.3 is 12.0 Å². The summed E-state index contributed by atoms with van der Waals surface area (Å²) >= 11 is 0. The molecule has 3 aromatic rings. The van der Waals surface area contributed by atoms with E-state index in [-0.39, 0.29) is 11.8 Å². The number of carbonyl (C=O) groups excluding carboxylic acids is 1. The number of carboxylic acid groups (broad SMARTS) is 1. The molecule has 0 radical (unpaired) electrons. The van der Waals surface area contributed by atoms with Gasteiger partial charge in [-0.1, -0.05) is 42.5 Å². The van der Waals surface area contributed by atoms with Gasteiger partial charge in [-0.05, 0) is 59.9 Å². The highest BCUT2D eigenvalue weighted by molar-refractivity contribution is 6.05. The van der Waals surface area contributed by atoms with Crippen molar-refractivity contribution >= 4 is 23.4 Å². The van der Waals surface area contributed by atoms with Crippen LogP contribution in [0.5, 0.6) is 5.75 Å². The van der Waals surface area contributed by atoms with Gasteiger partial charge in [-0.3, -0.25) is 19.5 Å². The van der Waals surface area contributed by atoms with E-state index in [0.29, 0.717) is 38.4 Å². The largest absolute Gasteiger partial charge is 0.506 e. The molecule has 0 bridgehead atoms. The number of amides is 2. The van der Waals surface area contributed by atoms with Crippen molar-refractivity contribution in [3.05, 3.63) is 89.5 Å².